The Hall–Kier alpha value is -4.63. The van der Waals surface area contributed by atoms with Gasteiger partial charge in [-0.05, 0) is 31.2 Å². The first kappa shape index (κ1) is 25.0. The maximum absolute atomic E-state index is 13.2. The van der Waals surface area contributed by atoms with Crippen molar-refractivity contribution in [3.8, 4) is 0 Å². The molecule has 0 fully saturated rings. The summed E-state index contributed by atoms with van der Waals surface area (Å²) in [6.45, 7) is 1.12. The van der Waals surface area contributed by atoms with Crippen molar-refractivity contribution in [1.29, 1.82) is 0 Å². The topological polar surface area (TPSA) is 134 Å². The van der Waals surface area contributed by atoms with E-state index in [1.807, 2.05) is 6.92 Å². The Morgan fingerprint density at radius 1 is 0.914 bits per heavy atom. The normalized spacial score (nSPS) is 10.9. The van der Waals surface area contributed by atoms with E-state index in [0.717, 1.165) is 5.56 Å². The molecule has 0 saturated heterocycles. The first-order chi connectivity index (χ1) is 16.8. The quantitative estimate of drug-likeness (QED) is 0.143. The Balaban J connectivity index is 2.03. The number of hydrogen-bond donors (Lipinski definition) is 3. The molecular weight excluding hydrogens is 450 g/mol. The number of para-hydroxylation sites is 1. The molecule has 0 bridgehead atoms. The number of methoxy groups -OCH3 is 1. The molecule has 3 rings (SSSR count). The van der Waals surface area contributed by atoms with E-state index in [-0.39, 0.29) is 22.4 Å². The van der Waals surface area contributed by atoms with Crippen molar-refractivity contribution in [2.75, 3.05) is 24.5 Å². The molecule has 0 aromatic heterocycles. The van der Waals surface area contributed by atoms with Crippen molar-refractivity contribution in [2.45, 2.75) is 6.92 Å². The standard InChI is InChI=1S/C26H23N3O6/c1-16-8-10-17(11-9-16)24(32)23(25(33)27-19-6-4-3-5-7-19)29-28-21-14-18(22(31)15-30)12-13-20(21)26(34)35-2/h3-14,28,30H,15H2,1-2H3,(H,27,33)/b29-23+. The van der Waals surface area contributed by atoms with Gasteiger partial charge in [0.15, 0.2) is 11.5 Å². The Morgan fingerprint density at radius 2 is 1.57 bits per heavy atom. The van der Waals surface area contributed by atoms with E-state index < -0.39 is 35.8 Å². The molecule has 0 saturated carbocycles. The minimum Gasteiger partial charge on any atom is -0.465 e. The number of aliphatic hydroxyl groups excluding tert-OH is 1. The molecule has 9 heteroatoms. The van der Waals surface area contributed by atoms with E-state index in [2.05, 4.69) is 15.8 Å². The summed E-state index contributed by atoms with van der Waals surface area (Å²) in [6.07, 6.45) is 0. The third-order valence-electron chi connectivity index (χ3n) is 4.95. The van der Waals surface area contributed by atoms with E-state index in [9.17, 15) is 19.2 Å². The van der Waals surface area contributed by atoms with Crippen LogP contribution in [0.5, 0.6) is 0 Å². The molecule has 0 aliphatic heterocycles. The molecule has 1 amide bonds. The summed E-state index contributed by atoms with van der Waals surface area (Å²) < 4.78 is 4.76. The van der Waals surface area contributed by atoms with Crippen LogP contribution in [-0.2, 0) is 9.53 Å². The zero-order valence-corrected chi connectivity index (χ0v) is 19.1. The van der Waals surface area contributed by atoms with Crippen LogP contribution in [0, 0.1) is 6.92 Å². The van der Waals surface area contributed by atoms with Crippen molar-refractivity contribution in [3.05, 3.63) is 95.1 Å². The first-order valence-electron chi connectivity index (χ1n) is 10.5. The predicted molar refractivity (Wildman–Crippen MR) is 131 cm³/mol. The number of aliphatic hydroxyl groups is 1. The Morgan fingerprint density at radius 3 is 2.20 bits per heavy atom. The molecule has 0 aliphatic rings. The number of benzene rings is 3. The number of ketones is 2. The zero-order valence-electron chi connectivity index (χ0n) is 19.1. The van der Waals surface area contributed by atoms with E-state index in [0.29, 0.717) is 5.69 Å². The fourth-order valence-electron chi connectivity index (χ4n) is 3.06. The molecule has 35 heavy (non-hydrogen) atoms. The average molecular weight is 473 g/mol. The number of nitrogens with one attached hydrogen (secondary N) is 2. The molecule has 0 aliphatic carbocycles. The molecular formula is C26H23N3O6. The van der Waals surface area contributed by atoms with Crippen molar-refractivity contribution in [3.63, 3.8) is 0 Å². The summed E-state index contributed by atoms with van der Waals surface area (Å²) >= 11 is 0. The lowest BCUT2D eigenvalue weighted by Crippen LogP contribution is -2.31. The Bertz CT molecular complexity index is 1280. The molecule has 0 unspecified atom stereocenters. The van der Waals surface area contributed by atoms with Crippen LogP contribution >= 0.6 is 0 Å². The van der Waals surface area contributed by atoms with Gasteiger partial charge < -0.3 is 15.2 Å². The maximum atomic E-state index is 13.2. The van der Waals surface area contributed by atoms with Gasteiger partial charge in [-0.15, -0.1) is 0 Å². The van der Waals surface area contributed by atoms with Crippen LogP contribution in [-0.4, -0.2) is 48.0 Å². The van der Waals surface area contributed by atoms with Crippen LogP contribution in [0.1, 0.15) is 36.6 Å². The molecule has 0 radical (unpaired) electrons. The van der Waals surface area contributed by atoms with Gasteiger partial charge in [-0.2, -0.15) is 5.10 Å². The molecule has 178 valence electrons. The lowest BCUT2D eigenvalue weighted by atomic mass is 10.0. The van der Waals surface area contributed by atoms with Crippen LogP contribution in [0.3, 0.4) is 0 Å². The van der Waals surface area contributed by atoms with Gasteiger partial charge in [0.1, 0.15) is 6.61 Å². The lowest BCUT2D eigenvalue weighted by Gasteiger charge is -2.12. The van der Waals surface area contributed by atoms with Crippen LogP contribution in [0.25, 0.3) is 0 Å². The molecule has 9 nitrogen and oxygen atoms in total. The lowest BCUT2D eigenvalue weighted by molar-refractivity contribution is -0.110. The minimum atomic E-state index is -0.781. The van der Waals surface area contributed by atoms with Crippen molar-refractivity contribution in [2.24, 2.45) is 5.10 Å². The third kappa shape index (κ3) is 6.24. The third-order valence-corrected chi connectivity index (χ3v) is 4.95. The molecule has 0 heterocycles. The highest BCUT2D eigenvalue weighted by Gasteiger charge is 2.23. The van der Waals surface area contributed by atoms with Gasteiger partial charge in [0.2, 0.25) is 5.78 Å². The molecule has 0 spiro atoms. The van der Waals surface area contributed by atoms with Crippen molar-refractivity contribution in [1.82, 2.24) is 0 Å². The van der Waals surface area contributed by atoms with E-state index >= 15 is 0 Å². The first-order valence-corrected chi connectivity index (χ1v) is 10.5. The maximum Gasteiger partial charge on any atom is 0.340 e. The number of hydrogen-bond acceptors (Lipinski definition) is 8. The summed E-state index contributed by atoms with van der Waals surface area (Å²) in [5.74, 6) is -2.76. The molecule has 3 N–H and O–H groups in total. The second-order valence-corrected chi connectivity index (χ2v) is 7.42. The number of carbonyl (C=O) groups is 4. The molecule has 3 aromatic rings. The fourth-order valence-corrected chi connectivity index (χ4v) is 3.06. The molecule has 0 atom stereocenters. The summed E-state index contributed by atoms with van der Waals surface area (Å²) in [6, 6.07) is 19.1. The average Bonchev–Trinajstić information content (AvgIpc) is 2.88. The number of hydrazone groups is 1. The van der Waals surface area contributed by atoms with E-state index in [1.165, 1.54) is 25.3 Å². The monoisotopic (exact) mass is 473 g/mol. The number of amides is 1. The SMILES string of the molecule is COC(=O)c1ccc(C(=O)CO)cc1N/N=C(/C(=O)Nc1ccccc1)C(=O)c1ccc(C)cc1. The zero-order chi connectivity index (χ0) is 25.4. The number of ether oxygens (including phenoxy) is 1. The fraction of sp³-hybridized carbons (Fsp3) is 0.115. The number of carbonyl (C=O) groups excluding carboxylic acids is 4. The van der Waals surface area contributed by atoms with Gasteiger partial charge in [-0.1, -0.05) is 54.1 Å². The number of nitrogens with zero attached hydrogens (tertiary/aromatic N) is 1. The number of rotatable bonds is 9. The summed E-state index contributed by atoms with van der Waals surface area (Å²) in [7, 11) is 1.18. The second-order valence-electron chi connectivity index (χ2n) is 7.42. The van der Waals surface area contributed by atoms with Crippen molar-refractivity contribution >= 4 is 40.5 Å². The highest BCUT2D eigenvalue weighted by atomic mass is 16.5. The van der Waals surface area contributed by atoms with Crippen LogP contribution in [0.2, 0.25) is 0 Å². The van der Waals surface area contributed by atoms with Crippen molar-refractivity contribution < 1.29 is 29.0 Å². The van der Waals surface area contributed by atoms with Gasteiger partial charge in [0, 0.05) is 16.8 Å². The minimum absolute atomic E-state index is 0.0105. The van der Waals surface area contributed by atoms with E-state index in [4.69, 9.17) is 9.84 Å². The van der Waals surface area contributed by atoms with Gasteiger partial charge in [0.25, 0.3) is 5.91 Å². The van der Waals surface area contributed by atoms with Crippen LogP contribution in [0.15, 0.2) is 77.9 Å². The Labute approximate surface area is 201 Å². The van der Waals surface area contributed by atoms with Gasteiger partial charge in [0.05, 0.1) is 18.4 Å². The van der Waals surface area contributed by atoms with Gasteiger partial charge >= 0.3 is 5.97 Å². The number of aryl methyl sites for hydroxylation is 1. The number of anilines is 2. The highest BCUT2D eigenvalue weighted by Crippen LogP contribution is 2.20. The number of Topliss-reactive ketones (excluding diaryl/α,β-unsaturated/α-hetero) is 2. The predicted octanol–water partition coefficient (Wildman–Crippen LogP) is 3.25. The van der Waals surface area contributed by atoms with Gasteiger partial charge in [-0.3, -0.25) is 19.8 Å². The van der Waals surface area contributed by atoms with Crippen LogP contribution < -0.4 is 10.7 Å². The summed E-state index contributed by atoms with van der Waals surface area (Å²) in [4.78, 5) is 50.4. The summed E-state index contributed by atoms with van der Waals surface area (Å²) in [5, 5.41) is 15.8. The highest BCUT2D eigenvalue weighted by molar-refractivity contribution is 6.70. The smallest absolute Gasteiger partial charge is 0.340 e. The Kier molecular flexibility index (Phi) is 8.20. The molecule has 3 aromatic carbocycles. The summed E-state index contributed by atoms with van der Waals surface area (Å²) in [5.41, 5.74) is 3.80. The number of esters is 1. The van der Waals surface area contributed by atoms with Gasteiger partial charge in [-0.25, -0.2) is 4.79 Å². The largest absolute Gasteiger partial charge is 0.465 e. The van der Waals surface area contributed by atoms with Crippen LogP contribution in [0.4, 0.5) is 11.4 Å². The second kappa shape index (κ2) is 11.5. The van der Waals surface area contributed by atoms with E-state index in [1.54, 1.807) is 54.6 Å².